The predicted octanol–water partition coefficient (Wildman–Crippen LogP) is 2.79. The molecule has 7 heteroatoms. The number of hydrogen-bond acceptors (Lipinski definition) is 3. The van der Waals surface area contributed by atoms with Crippen molar-refractivity contribution >= 4 is 5.91 Å². The Bertz CT molecular complexity index is 487. The zero-order valence-corrected chi connectivity index (χ0v) is 12.8. The van der Waals surface area contributed by atoms with Crippen molar-refractivity contribution in [3.05, 3.63) is 29.8 Å². The van der Waals surface area contributed by atoms with E-state index in [1.807, 2.05) is 0 Å². The molecule has 1 aromatic rings. The van der Waals surface area contributed by atoms with E-state index in [1.165, 1.54) is 7.11 Å². The Morgan fingerprint density at radius 2 is 1.82 bits per heavy atom. The molecule has 0 spiro atoms. The molecular weight excluding hydrogens is 297 g/mol. The number of amides is 1. The van der Waals surface area contributed by atoms with E-state index in [0.717, 1.165) is 0 Å². The Morgan fingerprint density at radius 3 is 2.23 bits per heavy atom. The van der Waals surface area contributed by atoms with Crippen molar-refractivity contribution in [1.29, 1.82) is 0 Å². The molecule has 0 radical (unpaired) electrons. The summed E-state index contributed by atoms with van der Waals surface area (Å²) in [6.45, 7) is 3.24. The molecule has 1 amide bonds. The maximum atomic E-state index is 12.5. The highest BCUT2D eigenvalue weighted by Gasteiger charge is 2.34. The van der Waals surface area contributed by atoms with Gasteiger partial charge >= 0.3 is 6.18 Å². The van der Waals surface area contributed by atoms with Crippen molar-refractivity contribution in [2.45, 2.75) is 38.5 Å². The Hall–Kier alpha value is -1.76. The van der Waals surface area contributed by atoms with Gasteiger partial charge < -0.3 is 15.8 Å². The molecular formula is C15H21F3N2O2. The van der Waals surface area contributed by atoms with Crippen molar-refractivity contribution in [2.75, 3.05) is 7.11 Å². The van der Waals surface area contributed by atoms with Crippen LogP contribution in [0.3, 0.4) is 0 Å². The second-order valence-corrected chi connectivity index (χ2v) is 5.43. The fraction of sp³-hybridized carbons (Fsp3) is 0.533. The monoisotopic (exact) mass is 318 g/mol. The van der Waals surface area contributed by atoms with Crippen molar-refractivity contribution < 1.29 is 22.7 Å². The Labute approximate surface area is 127 Å². The van der Waals surface area contributed by atoms with Gasteiger partial charge in [0.15, 0.2) is 0 Å². The fourth-order valence-corrected chi connectivity index (χ4v) is 1.94. The van der Waals surface area contributed by atoms with Crippen LogP contribution in [0, 0.1) is 5.92 Å². The number of rotatable bonds is 6. The third-order valence-electron chi connectivity index (χ3n) is 3.34. The number of carbonyl (C=O) groups is 1. The van der Waals surface area contributed by atoms with Crippen LogP contribution in [-0.4, -0.2) is 25.2 Å². The second-order valence-electron chi connectivity index (χ2n) is 5.43. The second kappa shape index (κ2) is 7.49. The zero-order valence-electron chi connectivity index (χ0n) is 12.8. The lowest BCUT2D eigenvalue weighted by molar-refractivity contribution is -0.145. The topological polar surface area (TPSA) is 64.3 Å². The molecule has 3 N–H and O–H groups in total. The van der Waals surface area contributed by atoms with Gasteiger partial charge in [0, 0.05) is 6.04 Å². The largest absolute Gasteiger partial charge is 0.497 e. The highest BCUT2D eigenvalue weighted by molar-refractivity contribution is 5.83. The van der Waals surface area contributed by atoms with Crippen LogP contribution in [0.4, 0.5) is 13.2 Å². The third-order valence-corrected chi connectivity index (χ3v) is 3.34. The van der Waals surface area contributed by atoms with Crippen LogP contribution in [0.2, 0.25) is 0 Å². The van der Waals surface area contributed by atoms with Crippen molar-refractivity contribution in [2.24, 2.45) is 11.7 Å². The number of hydrogen-bond donors (Lipinski definition) is 2. The van der Waals surface area contributed by atoms with Gasteiger partial charge in [0.25, 0.3) is 0 Å². The highest BCUT2D eigenvalue weighted by Crippen LogP contribution is 2.25. The number of benzene rings is 1. The van der Waals surface area contributed by atoms with E-state index in [-0.39, 0.29) is 5.92 Å². The quantitative estimate of drug-likeness (QED) is 0.848. The lowest BCUT2D eigenvalue weighted by atomic mass is 9.99. The van der Waals surface area contributed by atoms with E-state index < -0.39 is 30.6 Å². The van der Waals surface area contributed by atoms with Crippen LogP contribution >= 0.6 is 0 Å². The highest BCUT2D eigenvalue weighted by atomic mass is 19.4. The maximum Gasteiger partial charge on any atom is 0.391 e. The first-order valence-corrected chi connectivity index (χ1v) is 6.90. The summed E-state index contributed by atoms with van der Waals surface area (Å²) in [4.78, 5) is 12.1. The number of nitrogens with one attached hydrogen (secondary N) is 1. The van der Waals surface area contributed by atoms with Crippen molar-refractivity contribution in [1.82, 2.24) is 5.32 Å². The molecule has 1 unspecified atom stereocenters. The van der Waals surface area contributed by atoms with Crippen LogP contribution in [0.5, 0.6) is 5.75 Å². The van der Waals surface area contributed by atoms with Gasteiger partial charge in [0.2, 0.25) is 5.91 Å². The fourth-order valence-electron chi connectivity index (χ4n) is 1.94. The number of ether oxygens (including phenoxy) is 1. The minimum Gasteiger partial charge on any atom is -0.497 e. The first-order valence-electron chi connectivity index (χ1n) is 6.90. The van der Waals surface area contributed by atoms with Gasteiger partial charge in [-0.05, 0) is 23.6 Å². The summed E-state index contributed by atoms with van der Waals surface area (Å²) in [5.41, 5.74) is 6.32. The standard InChI is InChI=1S/C15H21F3N2O2/c1-9(2)12(8-15(16,17)18)20-14(21)13(19)10-4-6-11(22-3)7-5-10/h4-7,9,12-13H,8,19H2,1-3H3,(H,20,21)/t12-,13?/m1/s1. The van der Waals surface area contributed by atoms with Crippen LogP contribution in [0.25, 0.3) is 0 Å². The number of alkyl halides is 3. The third kappa shape index (κ3) is 5.55. The van der Waals surface area contributed by atoms with E-state index >= 15 is 0 Å². The molecule has 0 aromatic heterocycles. The molecule has 0 bridgehead atoms. The number of carbonyl (C=O) groups excluding carboxylic acids is 1. The summed E-state index contributed by atoms with van der Waals surface area (Å²) in [5, 5.41) is 2.38. The summed E-state index contributed by atoms with van der Waals surface area (Å²) in [6.07, 6.45) is -5.42. The average molecular weight is 318 g/mol. The van der Waals surface area contributed by atoms with Gasteiger partial charge in [0.05, 0.1) is 13.5 Å². The summed E-state index contributed by atoms with van der Waals surface area (Å²) in [5.74, 6) is -0.379. The molecule has 22 heavy (non-hydrogen) atoms. The zero-order chi connectivity index (χ0) is 16.9. The summed E-state index contributed by atoms with van der Waals surface area (Å²) >= 11 is 0. The van der Waals surface area contributed by atoms with Gasteiger partial charge in [0.1, 0.15) is 11.8 Å². The van der Waals surface area contributed by atoms with E-state index in [0.29, 0.717) is 11.3 Å². The van der Waals surface area contributed by atoms with Gasteiger partial charge in [-0.15, -0.1) is 0 Å². The first kappa shape index (κ1) is 18.3. The molecule has 0 fully saturated rings. The predicted molar refractivity (Wildman–Crippen MR) is 77.4 cm³/mol. The summed E-state index contributed by atoms with van der Waals surface area (Å²) in [6, 6.07) is 4.46. The Kier molecular flexibility index (Phi) is 6.22. The molecule has 2 atom stereocenters. The molecule has 1 rings (SSSR count). The SMILES string of the molecule is COc1ccc(C(N)C(=O)N[C@H](CC(F)(F)F)C(C)C)cc1. The maximum absolute atomic E-state index is 12.5. The van der Waals surface area contributed by atoms with Gasteiger partial charge in [-0.25, -0.2) is 0 Å². The van der Waals surface area contributed by atoms with E-state index in [4.69, 9.17) is 10.5 Å². The molecule has 0 aliphatic heterocycles. The molecule has 0 saturated carbocycles. The molecule has 0 heterocycles. The average Bonchev–Trinajstić information content (AvgIpc) is 2.44. The summed E-state index contributed by atoms with van der Waals surface area (Å²) < 4.78 is 42.6. The number of halogens is 3. The van der Waals surface area contributed by atoms with Gasteiger partial charge in [-0.1, -0.05) is 26.0 Å². The van der Waals surface area contributed by atoms with Gasteiger partial charge in [-0.2, -0.15) is 13.2 Å². The molecule has 1 aromatic carbocycles. The van der Waals surface area contributed by atoms with E-state index in [9.17, 15) is 18.0 Å². The molecule has 0 saturated heterocycles. The lowest BCUT2D eigenvalue weighted by Gasteiger charge is -2.25. The van der Waals surface area contributed by atoms with E-state index in [2.05, 4.69) is 5.32 Å². The lowest BCUT2D eigenvalue weighted by Crippen LogP contribution is -2.45. The minimum atomic E-state index is -4.34. The minimum absolute atomic E-state index is 0.353. The van der Waals surface area contributed by atoms with Crippen LogP contribution in [0.1, 0.15) is 31.9 Å². The Balaban J connectivity index is 2.75. The summed E-state index contributed by atoms with van der Waals surface area (Å²) in [7, 11) is 1.51. The number of nitrogens with two attached hydrogens (primary N) is 1. The number of methoxy groups -OCH3 is 1. The normalized spacial score (nSPS) is 14.5. The van der Waals surface area contributed by atoms with Crippen molar-refractivity contribution in [3.8, 4) is 5.75 Å². The smallest absolute Gasteiger partial charge is 0.391 e. The Morgan fingerprint density at radius 1 is 1.27 bits per heavy atom. The van der Waals surface area contributed by atoms with Crippen LogP contribution in [-0.2, 0) is 4.79 Å². The van der Waals surface area contributed by atoms with Crippen LogP contribution < -0.4 is 15.8 Å². The first-order chi connectivity index (χ1) is 10.1. The van der Waals surface area contributed by atoms with Crippen molar-refractivity contribution in [3.63, 3.8) is 0 Å². The molecule has 124 valence electrons. The molecule has 4 nitrogen and oxygen atoms in total. The van der Waals surface area contributed by atoms with Gasteiger partial charge in [-0.3, -0.25) is 4.79 Å². The van der Waals surface area contributed by atoms with E-state index in [1.54, 1.807) is 38.1 Å². The molecule has 0 aliphatic carbocycles. The molecule has 0 aliphatic rings. The van der Waals surface area contributed by atoms with Crippen LogP contribution in [0.15, 0.2) is 24.3 Å².